The first kappa shape index (κ1) is 17.2. The van der Waals surface area contributed by atoms with Gasteiger partial charge in [-0.2, -0.15) is 13.2 Å². The molecule has 0 spiro atoms. The number of fused-ring (bicyclic) bond motifs is 1. The van der Waals surface area contributed by atoms with Gasteiger partial charge in [0.25, 0.3) is 5.69 Å². The maximum atomic E-state index is 13.0. The van der Waals surface area contributed by atoms with Crippen LogP contribution in [0.3, 0.4) is 0 Å². The second-order valence-electron chi connectivity index (χ2n) is 5.13. The Morgan fingerprint density at radius 2 is 1.76 bits per heavy atom. The number of hydrogen-bond acceptors (Lipinski definition) is 3. The lowest BCUT2D eigenvalue weighted by Crippen LogP contribution is -2.09. The minimum absolute atomic E-state index is 0.145. The SMILES string of the molecule is O=[N+]([O-])c1ccc(Oc2ccc3ccccc3c2Br)cc1C(F)(F)F. The molecule has 0 N–H and O–H groups in total. The van der Waals surface area contributed by atoms with Crippen molar-refractivity contribution >= 4 is 32.4 Å². The molecule has 8 heteroatoms. The van der Waals surface area contributed by atoms with E-state index in [9.17, 15) is 23.3 Å². The van der Waals surface area contributed by atoms with Crippen LogP contribution in [0.4, 0.5) is 18.9 Å². The second-order valence-corrected chi connectivity index (χ2v) is 5.93. The van der Waals surface area contributed by atoms with E-state index in [0.717, 1.165) is 22.9 Å². The summed E-state index contributed by atoms with van der Waals surface area (Å²) in [6.45, 7) is 0. The van der Waals surface area contributed by atoms with Crippen molar-refractivity contribution in [1.82, 2.24) is 0 Å². The molecule has 0 saturated carbocycles. The molecule has 25 heavy (non-hydrogen) atoms. The number of halogens is 4. The molecule has 128 valence electrons. The van der Waals surface area contributed by atoms with E-state index >= 15 is 0 Å². The molecule has 0 aliphatic carbocycles. The fraction of sp³-hybridized carbons (Fsp3) is 0.0588. The van der Waals surface area contributed by atoms with Crippen LogP contribution in [-0.4, -0.2) is 4.92 Å². The van der Waals surface area contributed by atoms with Crippen LogP contribution in [0, 0.1) is 10.1 Å². The number of nitrogens with zero attached hydrogens (tertiary/aromatic N) is 1. The molecule has 3 rings (SSSR count). The largest absolute Gasteiger partial charge is 0.456 e. The van der Waals surface area contributed by atoms with E-state index in [4.69, 9.17) is 4.74 Å². The standard InChI is InChI=1S/C17H9BrF3NO3/c18-16-12-4-2-1-3-10(12)5-8-15(16)25-11-6-7-14(22(23)24)13(9-11)17(19,20)21/h1-9H. The highest BCUT2D eigenvalue weighted by Crippen LogP contribution is 2.41. The fourth-order valence-corrected chi connectivity index (χ4v) is 2.96. The summed E-state index contributed by atoms with van der Waals surface area (Å²) in [6, 6.07) is 13.3. The summed E-state index contributed by atoms with van der Waals surface area (Å²) in [4.78, 5) is 9.72. The molecule has 0 unspecified atom stereocenters. The van der Waals surface area contributed by atoms with Crippen molar-refractivity contribution in [2.75, 3.05) is 0 Å². The van der Waals surface area contributed by atoms with Gasteiger partial charge in [-0.05, 0) is 44.9 Å². The highest BCUT2D eigenvalue weighted by Gasteiger charge is 2.38. The van der Waals surface area contributed by atoms with Crippen molar-refractivity contribution in [2.45, 2.75) is 6.18 Å². The molecule has 0 fully saturated rings. The van der Waals surface area contributed by atoms with Crippen LogP contribution in [0.25, 0.3) is 10.8 Å². The van der Waals surface area contributed by atoms with Crippen molar-refractivity contribution in [2.24, 2.45) is 0 Å². The van der Waals surface area contributed by atoms with Crippen LogP contribution in [0.15, 0.2) is 59.1 Å². The van der Waals surface area contributed by atoms with Crippen LogP contribution >= 0.6 is 15.9 Å². The Morgan fingerprint density at radius 1 is 1.04 bits per heavy atom. The Labute approximate surface area is 148 Å². The Morgan fingerprint density at radius 3 is 2.44 bits per heavy atom. The first-order chi connectivity index (χ1) is 11.8. The maximum Gasteiger partial charge on any atom is 0.423 e. The van der Waals surface area contributed by atoms with Gasteiger partial charge in [0.2, 0.25) is 0 Å². The predicted octanol–water partition coefficient (Wildman–Crippen LogP) is 6.32. The Bertz CT molecular complexity index is 973. The van der Waals surface area contributed by atoms with Crippen LogP contribution in [0.5, 0.6) is 11.5 Å². The van der Waals surface area contributed by atoms with Crippen molar-refractivity contribution < 1.29 is 22.8 Å². The van der Waals surface area contributed by atoms with Crippen molar-refractivity contribution in [3.05, 3.63) is 74.7 Å². The van der Waals surface area contributed by atoms with E-state index in [1.165, 1.54) is 0 Å². The Kier molecular flexibility index (Phi) is 4.38. The van der Waals surface area contributed by atoms with Gasteiger partial charge in [-0.1, -0.05) is 30.3 Å². The van der Waals surface area contributed by atoms with Crippen LogP contribution in [0.1, 0.15) is 5.56 Å². The number of nitro benzene ring substituents is 1. The molecule has 0 radical (unpaired) electrons. The summed E-state index contributed by atoms with van der Waals surface area (Å²) >= 11 is 3.38. The number of rotatable bonds is 3. The average molecular weight is 412 g/mol. The summed E-state index contributed by atoms with van der Waals surface area (Å²) in [7, 11) is 0. The smallest absolute Gasteiger partial charge is 0.423 e. The van der Waals surface area contributed by atoms with Gasteiger partial charge in [-0.3, -0.25) is 10.1 Å². The lowest BCUT2D eigenvalue weighted by molar-refractivity contribution is -0.388. The van der Waals surface area contributed by atoms with E-state index < -0.39 is 22.4 Å². The molecule has 3 aromatic carbocycles. The van der Waals surface area contributed by atoms with E-state index in [1.54, 1.807) is 12.1 Å². The minimum Gasteiger partial charge on any atom is -0.456 e. The molecule has 0 saturated heterocycles. The molecule has 0 aromatic heterocycles. The summed E-state index contributed by atoms with van der Waals surface area (Å²) in [5, 5.41) is 12.6. The highest BCUT2D eigenvalue weighted by atomic mass is 79.9. The predicted molar refractivity (Wildman–Crippen MR) is 89.8 cm³/mol. The molecular formula is C17H9BrF3NO3. The van der Waals surface area contributed by atoms with Crippen LogP contribution < -0.4 is 4.74 Å². The highest BCUT2D eigenvalue weighted by molar-refractivity contribution is 9.10. The summed E-state index contributed by atoms with van der Waals surface area (Å²) in [5.41, 5.74) is -2.37. The zero-order valence-electron chi connectivity index (χ0n) is 12.4. The van der Waals surface area contributed by atoms with Gasteiger partial charge in [0.15, 0.2) is 0 Å². The van der Waals surface area contributed by atoms with Crippen LogP contribution in [-0.2, 0) is 6.18 Å². The summed E-state index contributed by atoms with van der Waals surface area (Å²) in [6.07, 6.45) is -4.86. The third-order valence-electron chi connectivity index (χ3n) is 3.53. The van der Waals surface area contributed by atoms with E-state index in [0.29, 0.717) is 16.3 Å². The van der Waals surface area contributed by atoms with Gasteiger partial charge in [0.1, 0.15) is 17.1 Å². The third kappa shape index (κ3) is 3.43. The monoisotopic (exact) mass is 411 g/mol. The van der Waals surface area contributed by atoms with Crippen molar-refractivity contribution in [3.63, 3.8) is 0 Å². The minimum atomic E-state index is -4.86. The molecule has 0 atom stereocenters. The van der Waals surface area contributed by atoms with Crippen LogP contribution in [0.2, 0.25) is 0 Å². The van der Waals surface area contributed by atoms with Gasteiger partial charge >= 0.3 is 6.18 Å². The third-order valence-corrected chi connectivity index (χ3v) is 4.34. The van der Waals surface area contributed by atoms with E-state index in [2.05, 4.69) is 15.9 Å². The van der Waals surface area contributed by atoms with Gasteiger partial charge in [-0.25, -0.2) is 0 Å². The van der Waals surface area contributed by atoms with E-state index in [1.807, 2.05) is 24.3 Å². The zero-order valence-corrected chi connectivity index (χ0v) is 14.0. The number of benzene rings is 3. The first-order valence-electron chi connectivity index (χ1n) is 6.98. The van der Waals surface area contributed by atoms with Crippen molar-refractivity contribution in [1.29, 1.82) is 0 Å². The summed E-state index contributed by atoms with van der Waals surface area (Å²) in [5.74, 6) is 0.162. The normalized spacial score (nSPS) is 11.5. The summed E-state index contributed by atoms with van der Waals surface area (Å²) < 4.78 is 45.2. The lowest BCUT2D eigenvalue weighted by Gasteiger charge is -2.12. The molecule has 0 bridgehead atoms. The molecule has 4 nitrogen and oxygen atoms in total. The van der Waals surface area contributed by atoms with Gasteiger partial charge in [0.05, 0.1) is 9.40 Å². The van der Waals surface area contributed by atoms with Gasteiger partial charge in [-0.15, -0.1) is 0 Å². The maximum absolute atomic E-state index is 13.0. The fourth-order valence-electron chi connectivity index (χ4n) is 2.38. The second kappa shape index (κ2) is 6.36. The molecule has 0 heterocycles. The molecule has 3 aromatic rings. The quantitative estimate of drug-likeness (QED) is 0.374. The Balaban J connectivity index is 2.04. The van der Waals surface area contributed by atoms with E-state index in [-0.39, 0.29) is 5.75 Å². The first-order valence-corrected chi connectivity index (χ1v) is 7.77. The molecular weight excluding hydrogens is 403 g/mol. The number of nitro groups is 1. The number of hydrogen-bond donors (Lipinski definition) is 0. The molecule has 0 aliphatic heterocycles. The topological polar surface area (TPSA) is 52.4 Å². The number of ether oxygens (including phenoxy) is 1. The zero-order chi connectivity index (χ0) is 18.2. The van der Waals surface area contributed by atoms with Crippen molar-refractivity contribution in [3.8, 4) is 11.5 Å². The number of alkyl halides is 3. The van der Waals surface area contributed by atoms with Gasteiger partial charge in [0, 0.05) is 6.07 Å². The molecule has 0 amide bonds. The average Bonchev–Trinajstić information content (AvgIpc) is 2.56. The lowest BCUT2D eigenvalue weighted by atomic mass is 10.1. The Hall–Kier alpha value is -2.61. The van der Waals surface area contributed by atoms with Gasteiger partial charge < -0.3 is 4.74 Å². The molecule has 0 aliphatic rings.